The normalized spacial score (nSPS) is 11.4. The predicted molar refractivity (Wildman–Crippen MR) is 74.7 cm³/mol. The lowest BCUT2D eigenvalue weighted by molar-refractivity contribution is 0.259. The highest BCUT2D eigenvalue weighted by Gasteiger charge is 2.08. The number of aryl methyl sites for hydroxylation is 1. The first-order chi connectivity index (χ1) is 9.17. The summed E-state index contributed by atoms with van der Waals surface area (Å²) in [4.78, 5) is 2.17. The lowest BCUT2D eigenvalue weighted by atomic mass is 10.3. The highest BCUT2D eigenvalue weighted by molar-refractivity contribution is 5.08. The summed E-state index contributed by atoms with van der Waals surface area (Å²) in [6, 6.07) is 8.08. The largest absolute Gasteiger partial charge is 0.465 e. The average Bonchev–Trinajstić information content (AvgIpc) is 2.96. The molecule has 0 aliphatic carbocycles. The van der Waals surface area contributed by atoms with Gasteiger partial charge < -0.3 is 14.2 Å². The van der Waals surface area contributed by atoms with Crippen molar-refractivity contribution in [2.24, 2.45) is 0 Å². The zero-order valence-electron chi connectivity index (χ0n) is 11.9. The van der Waals surface area contributed by atoms with Crippen molar-refractivity contribution in [1.29, 1.82) is 0 Å². The summed E-state index contributed by atoms with van der Waals surface area (Å²) in [7, 11) is 2.06. The van der Waals surface area contributed by atoms with Gasteiger partial charge in [-0.3, -0.25) is 4.90 Å². The molecule has 4 heteroatoms. The molecule has 0 bridgehead atoms. The number of nitrogens with zero attached hydrogens (tertiary/aromatic N) is 1. The van der Waals surface area contributed by atoms with E-state index in [-0.39, 0.29) is 0 Å². The maximum atomic E-state index is 5.76. The molecule has 1 N–H and O–H groups in total. The molecule has 0 fully saturated rings. The molecule has 0 atom stereocenters. The van der Waals surface area contributed by atoms with Crippen molar-refractivity contribution in [3.05, 3.63) is 47.3 Å². The number of hydrogen-bond acceptors (Lipinski definition) is 4. The Morgan fingerprint density at radius 2 is 1.63 bits per heavy atom. The summed E-state index contributed by atoms with van der Waals surface area (Å²) in [5, 5.41) is 3.25. The Labute approximate surface area is 114 Å². The molecule has 2 aromatic heterocycles. The third-order valence-corrected chi connectivity index (χ3v) is 2.91. The Hall–Kier alpha value is -1.52. The van der Waals surface area contributed by atoms with E-state index in [9.17, 15) is 0 Å². The van der Waals surface area contributed by atoms with E-state index in [1.807, 2.05) is 31.2 Å². The van der Waals surface area contributed by atoms with E-state index in [0.717, 1.165) is 49.2 Å². The summed E-state index contributed by atoms with van der Waals surface area (Å²) in [6.45, 7) is 7.36. The van der Waals surface area contributed by atoms with Gasteiger partial charge in [-0.2, -0.15) is 0 Å². The van der Waals surface area contributed by atoms with Crippen molar-refractivity contribution in [3.63, 3.8) is 0 Å². The smallest absolute Gasteiger partial charge is 0.118 e. The van der Waals surface area contributed by atoms with Gasteiger partial charge in [-0.1, -0.05) is 6.92 Å². The molecule has 2 rings (SSSR count). The summed E-state index contributed by atoms with van der Waals surface area (Å²) >= 11 is 0. The molecule has 0 aliphatic rings. The molecule has 2 heterocycles. The SMILES string of the molecule is CCNCc1ccc(CN(C)Cc2ccc(C)o2)o1. The van der Waals surface area contributed by atoms with Gasteiger partial charge in [0.15, 0.2) is 0 Å². The Balaban J connectivity index is 1.84. The van der Waals surface area contributed by atoms with Crippen molar-refractivity contribution in [1.82, 2.24) is 10.2 Å². The number of nitrogens with one attached hydrogen (secondary N) is 1. The molecule has 2 aromatic rings. The molecule has 0 unspecified atom stereocenters. The zero-order valence-corrected chi connectivity index (χ0v) is 11.9. The molecule has 0 spiro atoms. The fourth-order valence-corrected chi connectivity index (χ4v) is 2.01. The highest BCUT2D eigenvalue weighted by atomic mass is 16.3. The third-order valence-electron chi connectivity index (χ3n) is 2.91. The lowest BCUT2D eigenvalue weighted by Crippen LogP contribution is -2.16. The van der Waals surface area contributed by atoms with Crippen molar-refractivity contribution in [3.8, 4) is 0 Å². The molecule has 0 saturated carbocycles. The van der Waals surface area contributed by atoms with Gasteiger partial charge in [-0.05, 0) is 44.8 Å². The monoisotopic (exact) mass is 262 g/mol. The van der Waals surface area contributed by atoms with Crippen LogP contribution in [0.1, 0.15) is 30.0 Å². The summed E-state index contributed by atoms with van der Waals surface area (Å²) in [5.74, 6) is 3.91. The number of hydrogen-bond donors (Lipinski definition) is 1. The number of rotatable bonds is 7. The molecule has 4 nitrogen and oxygen atoms in total. The van der Waals surface area contributed by atoms with Crippen LogP contribution < -0.4 is 5.32 Å². The van der Waals surface area contributed by atoms with E-state index < -0.39 is 0 Å². The van der Waals surface area contributed by atoms with Gasteiger partial charge in [0.25, 0.3) is 0 Å². The first kappa shape index (κ1) is 13.9. The van der Waals surface area contributed by atoms with E-state index in [4.69, 9.17) is 8.83 Å². The molecule has 0 radical (unpaired) electrons. The predicted octanol–water partition coefficient (Wildman–Crippen LogP) is 2.92. The molecule has 0 amide bonds. The van der Waals surface area contributed by atoms with Crippen molar-refractivity contribution >= 4 is 0 Å². The fraction of sp³-hybridized carbons (Fsp3) is 0.467. The topological polar surface area (TPSA) is 41.5 Å². The molecule has 0 saturated heterocycles. The van der Waals surface area contributed by atoms with Crippen LogP contribution in [0.2, 0.25) is 0 Å². The summed E-state index contributed by atoms with van der Waals surface area (Å²) in [5.41, 5.74) is 0. The molecular formula is C15H22N2O2. The summed E-state index contributed by atoms with van der Waals surface area (Å²) < 4.78 is 11.3. The van der Waals surface area contributed by atoms with Crippen molar-refractivity contribution in [2.45, 2.75) is 33.5 Å². The Kier molecular flexibility index (Phi) is 4.82. The van der Waals surface area contributed by atoms with Gasteiger partial charge in [0.1, 0.15) is 23.0 Å². The standard InChI is InChI=1S/C15H22N2O2/c1-4-16-9-13-7-8-15(19-13)11-17(3)10-14-6-5-12(2)18-14/h5-8,16H,4,9-11H2,1-3H3. The molecule has 19 heavy (non-hydrogen) atoms. The van der Waals surface area contributed by atoms with Crippen LogP contribution in [-0.4, -0.2) is 18.5 Å². The Bertz CT molecular complexity index is 502. The fourth-order valence-electron chi connectivity index (χ4n) is 2.01. The minimum atomic E-state index is 0.784. The lowest BCUT2D eigenvalue weighted by Gasteiger charge is -2.13. The first-order valence-electron chi connectivity index (χ1n) is 6.69. The highest BCUT2D eigenvalue weighted by Crippen LogP contribution is 2.13. The maximum Gasteiger partial charge on any atom is 0.118 e. The van der Waals surface area contributed by atoms with Gasteiger partial charge in [0, 0.05) is 0 Å². The molecular weight excluding hydrogens is 240 g/mol. The van der Waals surface area contributed by atoms with Crippen LogP contribution in [0, 0.1) is 6.92 Å². The average molecular weight is 262 g/mol. The van der Waals surface area contributed by atoms with Crippen LogP contribution in [0.4, 0.5) is 0 Å². The molecule has 0 aromatic carbocycles. The number of furan rings is 2. The minimum Gasteiger partial charge on any atom is -0.465 e. The quantitative estimate of drug-likeness (QED) is 0.833. The van der Waals surface area contributed by atoms with Gasteiger partial charge >= 0.3 is 0 Å². The first-order valence-corrected chi connectivity index (χ1v) is 6.69. The van der Waals surface area contributed by atoms with Gasteiger partial charge in [0.2, 0.25) is 0 Å². The van der Waals surface area contributed by atoms with E-state index in [1.165, 1.54) is 0 Å². The second-order valence-corrected chi connectivity index (χ2v) is 4.83. The van der Waals surface area contributed by atoms with Crippen LogP contribution in [0.15, 0.2) is 33.1 Å². The Morgan fingerprint density at radius 3 is 2.26 bits per heavy atom. The van der Waals surface area contributed by atoms with Crippen LogP contribution in [-0.2, 0) is 19.6 Å². The van der Waals surface area contributed by atoms with Crippen LogP contribution in [0.25, 0.3) is 0 Å². The van der Waals surface area contributed by atoms with Crippen LogP contribution >= 0.6 is 0 Å². The minimum absolute atomic E-state index is 0.784. The maximum absolute atomic E-state index is 5.76. The zero-order chi connectivity index (χ0) is 13.7. The second-order valence-electron chi connectivity index (χ2n) is 4.83. The third kappa shape index (κ3) is 4.26. The van der Waals surface area contributed by atoms with E-state index in [0.29, 0.717) is 0 Å². The van der Waals surface area contributed by atoms with Crippen molar-refractivity contribution < 1.29 is 8.83 Å². The van der Waals surface area contributed by atoms with E-state index in [2.05, 4.69) is 24.2 Å². The second kappa shape index (κ2) is 6.59. The van der Waals surface area contributed by atoms with Crippen LogP contribution in [0.5, 0.6) is 0 Å². The molecule has 0 aliphatic heterocycles. The van der Waals surface area contributed by atoms with Crippen molar-refractivity contribution in [2.75, 3.05) is 13.6 Å². The van der Waals surface area contributed by atoms with E-state index in [1.54, 1.807) is 0 Å². The molecule has 104 valence electrons. The summed E-state index contributed by atoms with van der Waals surface area (Å²) in [6.07, 6.45) is 0. The van der Waals surface area contributed by atoms with Gasteiger partial charge in [0.05, 0.1) is 19.6 Å². The van der Waals surface area contributed by atoms with Gasteiger partial charge in [-0.25, -0.2) is 0 Å². The van der Waals surface area contributed by atoms with Crippen LogP contribution in [0.3, 0.4) is 0 Å². The van der Waals surface area contributed by atoms with E-state index >= 15 is 0 Å². The van der Waals surface area contributed by atoms with Gasteiger partial charge in [-0.15, -0.1) is 0 Å². The Morgan fingerprint density at radius 1 is 1.00 bits per heavy atom.